The Labute approximate surface area is 132 Å². The van der Waals surface area contributed by atoms with E-state index in [1.807, 2.05) is 0 Å². The van der Waals surface area contributed by atoms with Gasteiger partial charge in [-0.2, -0.15) is 0 Å². The fraction of sp³-hybridized carbons (Fsp3) is 0.500. The van der Waals surface area contributed by atoms with Crippen LogP contribution in [-0.4, -0.2) is 48.7 Å². The van der Waals surface area contributed by atoms with Crippen molar-refractivity contribution in [1.82, 2.24) is 4.90 Å². The lowest BCUT2D eigenvalue weighted by Crippen LogP contribution is -2.52. The molecule has 0 spiro atoms. The summed E-state index contributed by atoms with van der Waals surface area (Å²) in [5.74, 6) is -3.28. The predicted octanol–water partition coefficient (Wildman–Crippen LogP) is 1.85. The third-order valence-corrected chi connectivity index (χ3v) is 4.14. The summed E-state index contributed by atoms with van der Waals surface area (Å²) in [6.45, 7) is 0.525. The number of methoxy groups -OCH3 is 1. The van der Waals surface area contributed by atoms with Gasteiger partial charge in [-0.15, -0.1) is 0 Å². The molecule has 0 aliphatic carbocycles. The number of rotatable bonds is 5. The lowest BCUT2D eigenvalue weighted by Gasteiger charge is -2.39. The molecule has 23 heavy (non-hydrogen) atoms. The van der Waals surface area contributed by atoms with Crippen molar-refractivity contribution in [2.75, 3.05) is 26.8 Å². The molecule has 1 aliphatic rings. The Morgan fingerprint density at radius 1 is 1.35 bits per heavy atom. The summed E-state index contributed by atoms with van der Waals surface area (Å²) in [5.41, 5.74) is -0.761. The van der Waals surface area contributed by atoms with Gasteiger partial charge in [0.05, 0.1) is 13.0 Å². The van der Waals surface area contributed by atoms with Crippen LogP contribution in [0.3, 0.4) is 0 Å². The minimum absolute atomic E-state index is 0.0251. The highest BCUT2D eigenvalue weighted by atomic mass is 19.2. The van der Waals surface area contributed by atoms with Gasteiger partial charge in [-0.1, -0.05) is 6.07 Å². The fourth-order valence-corrected chi connectivity index (χ4v) is 2.91. The topological polar surface area (TPSA) is 66.8 Å². The van der Waals surface area contributed by atoms with Gasteiger partial charge in [0, 0.05) is 20.2 Å². The van der Waals surface area contributed by atoms with Crippen molar-refractivity contribution in [3.63, 3.8) is 0 Å². The Hall–Kier alpha value is -2.02. The number of carbonyl (C=O) groups excluding carboxylic acids is 1. The lowest BCUT2D eigenvalue weighted by atomic mass is 9.80. The van der Waals surface area contributed by atoms with Crippen LogP contribution in [0.15, 0.2) is 18.2 Å². The van der Waals surface area contributed by atoms with Gasteiger partial charge in [0.25, 0.3) is 0 Å². The number of halogens is 2. The third kappa shape index (κ3) is 3.85. The average Bonchev–Trinajstić information content (AvgIpc) is 2.51. The number of hydrogen-bond acceptors (Lipinski definition) is 3. The number of likely N-dealkylation sites (tertiary alicyclic amines) is 1. The first kappa shape index (κ1) is 17.3. The number of hydrogen-bond donors (Lipinski definition) is 1. The van der Waals surface area contributed by atoms with E-state index >= 15 is 0 Å². The SMILES string of the molecule is COCC1(C(=O)O)CCCN(C(=O)Cc2ccc(F)c(F)c2)C1. The van der Waals surface area contributed by atoms with Gasteiger partial charge in [-0.05, 0) is 30.5 Å². The number of aliphatic carboxylic acids is 1. The fourth-order valence-electron chi connectivity index (χ4n) is 2.91. The normalized spacial score (nSPS) is 21.3. The number of benzene rings is 1. The molecular weight excluding hydrogens is 308 g/mol. The highest BCUT2D eigenvalue weighted by molar-refractivity contribution is 5.81. The molecule has 0 bridgehead atoms. The van der Waals surface area contributed by atoms with Crippen molar-refractivity contribution < 1.29 is 28.2 Å². The minimum atomic E-state index is -1.11. The van der Waals surface area contributed by atoms with Crippen LogP contribution in [0.1, 0.15) is 18.4 Å². The first-order chi connectivity index (χ1) is 10.9. The first-order valence-electron chi connectivity index (χ1n) is 7.32. The smallest absolute Gasteiger partial charge is 0.313 e. The number of carbonyl (C=O) groups is 2. The van der Waals surface area contributed by atoms with E-state index in [0.717, 1.165) is 12.1 Å². The Bertz CT molecular complexity index is 604. The molecule has 1 aromatic rings. The van der Waals surface area contributed by atoms with Crippen LogP contribution in [0.2, 0.25) is 0 Å². The molecule has 1 atom stereocenters. The molecule has 0 radical (unpaired) electrons. The number of ether oxygens (including phenoxy) is 1. The van der Waals surface area contributed by atoms with Crippen molar-refractivity contribution in [2.45, 2.75) is 19.3 Å². The molecule has 126 valence electrons. The van der Waals surface area contributed by atoms with Gasteiger partial charge in [0.2, 0.25) is 5.91 Å². The molecule has 1 heterocycles. The Morgan fingerprint density at radius 2 is 2.09 bits per heavy atom. The van der Waals surface area contributed by atoms with Crippen molar-refractivity contribution in [1.29, 1.82) is 0 Å². The van der Waals surface area contributed by atoms with Gasteiger partial charge in [0.15, 0.2) is 11.6 Å². The summed E-state index contributed by atoms with van der Waals surface area (Å²) < 4.78 is 31.1. The van der Waals surface area contributed by atoms with Gasteiger partial charge in [-0.3, -0.25) is 9.59 Å². The maximum Gasteiger partial charge on any atom is 0.313 e. The molecule has 1 saturated heterocycles. The third-order valence-electron chi connectivity index (χ3n) is 4.14. The standard InChI is InChI=1S/C16H19F2NO4/c1-23-10-16(15(21)22)5-2-6-19(9-16)14(20)8-11-3-4-12(17)13(18)7-11/h3-4,7H,2,5-6,8-10H2,1H3,(H,21,22). The molecule has 1 unspecified atom stereocenters. The number of piperidine rings is 1. The first-order valence-corrected chi connectivity index (χ1v) is 7.32. The Kier molecular flexibility index (Phi) is 5.30. The molecule has 0 saturated carbocycles. The molecule has 1 aliphatic heterocycles. The van der Waals surface area contributed by atoms with Crippen LogP contribution >= 0.6 is 0 Å². The molecule has 1 fully saturated rings. The molecule has 1 aromatic carbocycles. The summed E-state index contributed by atoms with van der Waals surface area (Å²) in [6.07, 6.45) is 0.893. The number of amides is 1. The quantitative estimate of drug-likeness (QED) is 0.896. The van der Waals surface area contributed by atoms with Gasteiger partial charge >= 0.3 is 5.97 Å². The van der Waals surface area contributed by atoms with Gasteiger partial charge in [-0.25, -0.2) is 8.78 Å². The zero-order valence-electron chi connectivity index (χ0n) is 12.8. The van der Waals surface area contributed by atoms with E-state index in [9.17, 15) is 23.5 Å². The molecule has 2 rings (SSSR count). The van der Waals surface area contributed by atoms with Crippen LogP contribution in [0.5, 0.6) is 0 Å². The maximum absolute atomic E-state index is 13.2. The van der Waals surface area contributed by atoms with Crippen molar-refractivity contribution in [3.8, 4) is 0 Å². The highest BCUT2D eigenvalue weighted by Gasteiger charge is 2.43. The van der Waals surface area contributed by atoms with E-state index in [0.29, 0.717) is 24.9 Å². The summed E-state index contributed by atoms with van der Waals surface area (Å²) in [5, 5.41) is 9.47. The second-order valence-electron chi connectivity index (χ2n) is 5.86. The molecule has 1 amide bonds. The number of carboxylic acids is 1. The molecule has 7 heteroatoms. The maximum atomic E-state index is 13.2. The van der Waals surface area contributed by atoms with Crippen LogP contribution < -0.4 is 0 Å². The van der Waals surface area contributed by atoms with E-state index in [2.05, 4.69) is 0 Å². The molecule has 1 N–H and O–H groups in total. The van der Waals surface area contributed by atoms with Crippen LogP contribution in [0, 0.1) is 17.0 Å². The Balaban J connectivity index is 2.09. The van der Waals surface area contributed by atoms with Crippen LogP contribution in [0.25, 0.3) is 0 Å². The lowest BCUT2D eigenvalue weighted by molar-refractivity contribution is -0.159. The molecule has 5 nitrogen and oxygen atoms in total. The van der Waals surface area contributed by atoms with E-state index in [-0.39, 0.29) is 25.5 Å². The monoisotopic (exact) mass is 327 g/mol. The molecular formula is C16H19F2NO4. The highest BCUT2D eigenvalue weighted by Crippen LogP contribution is 2.31. The van der Waals surface area contributed by atoms with Crippen molar-refractivity contribution in [2.24, 2.45) is 5.41 Å². The summed E-state index contributed by atoms with van der Waals surface area (Å²) >= 11 is 0. The Morgan fingerprint density at radius 3 is 2.70 bits per heavy atom. The van der Waals surface area contributed by atoms with Gasteiger partial charge in [0.1, 0.15) is 5.41 Å². The second kappa shape index (κ2) is 7.04. The largest absolute Gasteiger partial charge is 0.481 e. The van der Waals surface area contributed by atoms with Crippen molar-refractivity contribution >= 4 is 11.9 Å². The number of nitrogens with zero attached hydrogens (tertiary/aromatic N) is 1. The zero-order chi connectivity index (χ0) is 17.0. The zero-order valence-corrected chi connectivity index (χ0v) is 12.8. The molecule has 0 aromatic heterocycles. The van der Waals surface area contributed by atoms with E-state index in [1.54, 1.807) is 0 Å². The predicted molar refractivity (Wildman–Crippen MR) is 77.8 cm³/mol. The van der Waals surface area contributed by atoms with Crippen molar-refractivity contribution in [3.05, 3.63) is 35.4 Å². The average molecular weight is 327 g/mol. The van der Waals surface area contributed by atoms with Crippen LogP contribution in [0.4, 0.5) is 8.78 Å². The van der Waals surface area contributed by atoms with E-state index in [1.165, 1.54) is 18.1 Å². The number of carboxylic acid groups (broad SMARTS) is 1. The summed E-state index contributed by atoms with van der Waals surface area (Å²) in [6, 6.07) is 3.30. The minimum Gasteiger partial charge on any atom is -0.481 e. The summed E-state index contributed by atoms with van der Waals surface area (Å²) in [7, 11) is 1.42. The van der Waals surface area contributed by atoms with E-state index in [4.69, 9.17) is 4.74 Å². The van der Waals surface area contributed by atoms with E-state index < -0.39 is 23.0 Å². The second-order valence-corrected chi connectivity index (χ2v) is 5.86. The summed E-state index contributed by atoms with van der Waals surface area (Å²) in [4.78, 5) is 25.4. The van der Waals surface area contributed by atoms with Crippen LogP contribution in [-0.2, 0) is 20.7 Å². The van der Waals surface area contributed by atoms with Gasteiger partial charge < -0.3 is 14.7 Å².